The van der Waals surface area contributed by atoms with Gasteiger partial charge >= 0.3 is 5.97 Å². The molecular weight excluding hydrogens is 226 g/mol. The summed E-state index contributed by atoms with van der Waals surface area (Å²) in [6.45, 7) is 11.3. The minimum atomic E-state index is -0.0229. The van der Waals surface area contributed by atoms with Crippen LogP contribution in [-0.4, -0.2) is 25.7 Å². The van der Waals surface area contributed by atoms with Gasteiger partial charge in [0.1, 0.15) is 0 Å². The smallest absolute Gasteiger partial charge is 0.306 e. The molecule has 0 bridgehead atoms. The second kappa shape index (κ2) is 7.13. The topological polar surface area (TPSA) is 38.3 Å². The Hall–Kier alpha value is -0.570. The molecule has 1 atom stereocenters. The standard InChI is InChI=1S/C15H29NO2/c1-5-18-14(17)10-13(11-15(2,3)4)12-6-8-16-9-7-12/h12-13,16H,5-11H2,1-4H3. The Morgan fingerprint density at radius 1 is 1.33 bits per heavy atom. The lowest BCUT2D eigenvalue weighted by Gasteiger charge is -2.34. The lowest BCUT2D eigenvalue weighted by atomic mass is 9.74. The molecule has 0 saturated carbocycles. The molecular formula is C15H29NO2. The van der Waals surface area contributed by atoms with Crippen molar-refractivity contribution in [2.75, 3.05) is 19.7 Å². The minimum absolute atomic E-state index is 0.0229. The van der Waals surface area contributed by atoms with Gasteiger partial charge in [-0.3, -0.25) is 4.79 Å². The molecule has 106 valence electrons. The first kappa shape index (κ1) is 15.5. The normalized spacial score (nSPS) is 19.6. The molecule has 1 rings (SSSR count). The zero-order valence-electron chi connectivity index (χ0n) is 12.4. The molecule has 0 spiro atoms. The van der Waals surface area contributed by atoms with E-state index >= 15 is 0 Å². The molecule has 1 unspecified atom stereocenters. The highest BCUT2D eigenvalue weighted by Crippen LogP contribution is 2.35. The average Bonchev–Trinajstić information content (AvgIpc) is 2.28. The summed E-state index contributed by atoms with van der Waals surface area (Å²) in [5, 5.41) is 3.39. The van der Waals surface area contributed by atoms with Crippen LogP contribution in [0.3, 0.4) is 0 Å². The Balaban J connectivity index is 2.58. The van der Waals surface area contributed by atoms with Crippen molar-refractivity contribution < 1.29 is 9.53 Å². The van der Waals surface area contributed by atoms with Gasteiger partial charge in [-0.2, -0.15) is 0 Å². The van der Waals surface area contributed by atoms with Crippen LogP contribution in [0.15, 0.2) is 0 Å². The van der Waals surface area contributed by atoms with E-state index in [1.807, 2.05) is 6.92 Å². The molecule has 1 aliphatic heterocycles. The number of carbonyl (C=O) groups is 1. The van der Waals surface area contributed by atoms with E-state index in [9.17, 15) is 4.79 Å². The first-order chi connectivity index (χ1) is 8.42. The van der Waals surface area contributed by atoms with Gasteiger partial charge in [0.15, 0.2) is 0 Å². The number of hydrogen-bond donors (Lipinski definition) is 1. The first-order valence-electron chi connectivity index (χ1n) is 7.28. The number of piperidine rings is 1. The van der Waals surface area contributed by atoms with E-state index < -0.39 is 0 Å². The molecule has 1 heterocycles. The fourth-order valence-corrected chi connectivity index (χ4v) is 2.94. The number of rotatable bonds is 5. The molecule has 0 aromatic carbocycles. The van der Waals surface area contributed by atoms with Crippen molar-refractivity contribution in [2.24, 2.45) is 17.3 Å². The average molecular weight is 255 g/mol. The maximum absolute atomic E-state index is 11.7. The van der Waals surface area contributed by atoms with Gasteiger partial charge in [-0.05, 0) is 56.5 Å². The third-order valence-corrected chi connectivity index (χ3v) is 3.66. The van der Waals surface area contributed by atoms with E-state index in [1.54, 1.807) is 0 Å². The SMILES string of the molecule is CCOC(=O)CC(CC(C)(C)C)C1CCNCC1. The number of nitrogens with one attached hydrogen (secondary N) is 1. The second-order valence-electron chi connectivity index (χ2n) is 6.62. The van der Waals surface area contributed by atoms with E-state index in [1.165, 1.54) is 12.8 Å². The fourth-order valence-electron chi connectivity index (χ4n) is 2.94. The summed E-state index contributed by atoms with van der Waals surface area (Å²) in [7, 11) is 0. The molecule has 0 aliphatic carbocycles. The van der Waals surface area contributed by atoms with Gasteiger partial charge in [0, 0.05) is 6.42 Å². The molecule has 1 saturated heterocycles. The van der Waals surface area contributed by atoms with Crippen molar-refractivity contribution >= 4 is 5.97 Å². The van der Waals surface area contributed by atoms with E-state index in [2.05, 4.69) is 26.1 Å². The fraction of sp³-hybridized carbons (Fsp3) is 0.933. The van der Waals surface area contributed by atoms with E-state index in [0.29, 0.717) is 24.9 Å². The summed E-state index contributed by atoms with van der Waals surface area (Å²) in [5.41, 5.74) is 0.280. The summed E-state index contributed by atoms with van der Waals surface area (Å²) in [5.74, 6) is 1.13. The van der Waals surface area contributed by atoms with E-state index in [0.717, 1.165) is 19.5 Å². The molecule has 0 amide bonds. The van der Waals surface area contributed by atoms with Crippen molar-refractivity contribution in [1.29, 1.82) is 0 Å². The van der Waals surface area contributed by atoms with Crippen LogP contribution in [0.25, 0.3) is 0 Å². The highest BCUT2D eigenvalue weighted by molar-refractivity contribution is 5.69. The summed E-state index contributed by atoms with van der Waals surface area (Å²) in [4.78, 5) is 11.7. The van der Waals surface area contributed by atoms with Crippen LogP contribution in [-0.2, 0) is 9.53 Å². The number of ether oxygens (including phenoxy) is 1. The molecule has 3 heteroatoms. The van der Waals surface area contributed by atoms with Crippen molar-refractivity contribution in [1.82, 2.24) is 5.32 Å². The Morgan fingerprint density at radius 3 is 2.44 bits per heavy atom. The predicted molar refractivity (Wildman–Crippen MR) is 74.4 cm³/mol. The van der Waals surface area contributed by atoms with Crippen LogP contribution in [0.5, 0.6) is 0 Å². The van der Waals surface area contributed by atoms with E-state index in [-0.39, 0.29) is 11.4 Å². The van der Waals surface area contributed by atoms with Crippen LogP contribution in [0, 0.1) is 17.3 Å². The maximum atomic E-state index is 11.7. The summed E-state index contributed by atoms with van der Waals surface area (Å²) < 4.78 is 5.12. The molecule has 0 aromatic heterocycles. The summed E-state index contributed by atoms with van der Waals surface area (Å²) in [6.07, 6.45) is 4.09. The van der Waals surface area contributed by atoms with Crippen LogP contribution in [0.1, 0.15) is 53.4 Å². The molecule has 0 radical (unpaired) electrons. The lowest BCUT2D eigenvalue weighted by Crippen LogP contribution is -2.34. The van der Waals surface area contributed by atoms with Crippen LogP contribution in [0.4, 0.5) is 0 Å². The van der Waals surface area contributed by atoms with Crippen molar-refractivity contribution in [3.8, 4) is 0 Å². The van der Waals surface area contributed by atoms with Gasteiger partial charge in [-0.25, -0.2) is 0 Å². The largest absolute Gasteiger partial charge is 0.466 e. The molecule has 1 N–H and O–H groups in total. The van der Waals surface area contributed by atoms with Gasteiger partial charge in [-0.15, -0.1) is 0 Å². The number of hydrogen-bond acceptors (Lipinski definition) is 3. The minimum Gasteiger partial charge on any atom is -0.466 e. The zero-order valence-corrected chi connectivity index (χ0v) is 12.4. The maximum Gasteiger partial charge on any atom is 0.306 e. The highest BCUT2D eigenvalue weighted by atomic mass is 16.5. The second-order valence-corrected chi connectivity index (χ2v) is 6.62. The monoisotopic (exact) mass is 255 g/mol. The molecule has 18 heavy (non-hydrogen) atoms. The number of carbonyl (C=O) groups excluding carboxylic acids is 1. The van der Waals surface area contributed by atoms with Crippen LogP contribution < -0.4 is 5.32 Å². The molecule has 3 nitrogen and oxygen atoms in total. The Kier molecular flexibility index (Phi) is 6.13. The van der Waals surface area contributed by atoms with Gasteiger partial charge in [0.25, 0.3) is 0 Å². The Bertz CT molecular complexity index is 252. The van der Waals surface area contributed by atoms with Crippen LogP contribution in [0.2, 0.25) is 0 Å². The lowest BCUT2D eigenvalue weighted by molar-refractivity contribution is -0.145. The Morgan fingerprint density at radius 2 is 1.94 bits per heavy atom. The van der Waals surface area contributed by atoms with Crippen molar-refractivity contribution in [3.05, 3.63) is 0 Å². The van der Waals surface area contributed by atoms with Crippen molar-refractivity contribution in [2.45, 2.75) is 53.4 Å². The third kappa shape index (κ3) is 5.85. The molecule has 0 aromatic rings. The van der Waals surface area contributed by atoms with Gasteiger partial charge in [0.05, 0.1) is 6.61 Å². The van der Waals surface area contributed by atoms with Gasteiger partial charge in [-0.1, -0.05) is 20.8 Å². The third-order valence-electron chi connectivity index (χ3n) is 3.66. The predicted octanol–water partition coefficient (Wildman–Crippen LogP) is 2.99. The van der Waals surface area contributed by atoms with Crippen molar-refractivity contribution in [3.63, 3.8) is 0 Å². The summed E-state index contributed by atoms with van der Waals surface area (Å²) >= 11 is 0. The molecule has 1 aliphatic rings. The van der Waals surface area contributed by atoms with Crippen LogP contribution >= 0.6 is 0 Å². The van der Waals surface area contributed by atoms with Gasteiger partial charge < -0.3 is 10.1 Å². The molecule has 1 fully saturated rings. The zero-order chi connectivity index (χ0) is 13.6. The quantitative estimate of drug-likeness (QED) is 0.768. The highest BCUT2D eigenvalue weighted by Gasteiger charge is 2.29. The van der Waals surface area contributed by atoms with Gasteiger partial charge in [0.2, 0.25) is 0 Å². The first-order valence-corrected chi connectivity index (χ1v) is 7.28. The number of esters is 1. The van der Waals surface area contributed by atoms with E-state index in [4.69, 9.17) is 4.74 Å². The Labute approximate surface area is 112 Å². The summed E-state index contributed by atoms with van der Waals surface area (Å²) in [6, 6.07) is 0.